The Morgan fingerprint density at radius 3 is 1.38 bits per heavy atom. The number of ether oxygens (including phenoxy) is 1. The van der Waals surface area contributed by atoms with Crippen LogP contribution in [-0.2, 0) is 9.98 Å². The van der Waals surface area contributed by atoms with E-state index in [2.05, 4.69) is 232 Å². The van der Waals surface area contributed by atoms with E-state index < -0.39 is 12.6 Å². The van der Waals surface area contributed by atoms with E-state index in [1.165, 1.54) is 21.5 Å². The summed E-state index contributed by atoms with van der Waals surface area (Å²) in [4.78, 5) is 0. The lowest BCUT2D eigenvalue weighted by Gasteiger charge is -2.47. The maximum absolute atomic E-state index is 16.8. The fourth-order valence-electron chi connectivity index (χ4n) is 14.3. The first-order valence-electron chi connectivity index (χ1n) is 27.3. The summed E-state index contributed by atoms with van der Waals surface area (Å²) in [6.07, 6.45) is 0. The zero-order valence-corrected chi connectivity index (χ0v) is 43.8. The Balaban J connectivity index is 0.918. The molecule has 2 unspecified atom stereocenters. The van der Waals surface area contributed by atoms with Gasteiger partial charge in [0.1, 0.15) is 22.7 Å². The minimum absolute atomic E-state index is 0.709. The lowest BCUT2D eigenvalue weighted by Crippen LogP contribution is -2.48. The van der Waals surface area contributed by atoms with Crippen molar-refractivity contribution in [1.29, 1.82) is 0 Å². The first-order chi connectivity index (χ1) is 39.6. The highest BCUT2D eigenvalue weighted by Crippen LogP contribution is 2.62. The zero-order chi connectivity index (χ0) is 52.4. The number of nitrogens with zero attached hydrogens (tertiary/aromatic N) is 3. The molecule has 0 saturated carbocycles. The third-order valence-corrected chi connectivity index (χ3v) is 20.7. The Kier molecular flexibility index (Phi) is 8.78. The van der Waals surface area contributed by atoms with Crippen LogP contribution in [0.4, 0.5) is 0 Å². The second kappa shape index (κ2) is 16.0. The minimum atomic E-state index is -3.52. The molecular weight excluding hydrogens is 998 g/mol. The summed E-state index contributed by atoms with van der Waals surface area (Å²) in [7, 11) is -3.52. The first-order valence-corrected chi connectivity index (χ1v) is 29.0. The highest BCUT2D eigenvalue weighted by Gasteiger charge is 2.55. The lowest BCUT2D eigenvalue weighted by atomic mass is 9.63. The number of para-hydroxylation sites is 6. The van der Waals surface area contributed by atoms with Gasteiger partial charge in [-0.15, -0.1) is 0 Å². The van der Waals surface area contributed by atoms with Crippen LogP contribution in [0.1, 0.15) is 22.3 Å². The fraction of sp³-hybridized carbons (Fsp3) is 0.0137. The van der Waals surface area contributed by atoms with Crippen LogP contribution in [0.25, 0.3) is 104 Å². The molecule has 0 bridgehead atoms. The smallest absolute Gasteiger partial charge is 0.171 e. The summed E-state index contributed by atoms with van der Waals surface area (Å²) < 4.78 is 38.0. The van der Waals surface area contributed by atoms with E-state index in [9.17, 15) is 0 Å². The molecule has 2 atom stereocenters. The van der Waals surface area contributed by atoms with Gasteiger partial charge in [0.2, 0.25) is 0 Å². The first kappa shape index (κ1) is 43.9. The van der Waals surface area contributed by atoms with Crippen molar-refractivity contribution >= 4 is 110 Å². The van der Waals surface area contributed by atoms with Gasteiger partial charge in [-0.2, -0.15) is 0 Å². The highest BCUT2D eigenvalue weighted by atomic mass is 31.2. The maximum Gasteiger partial charge on any atom is 0.171 e. The van der Waals surface area contributed by atoms with Crippen molar-refractivity contribution in [2.75, 3.05) is 0 Å². The van der Waals surface area contributed by atoms with Gasteiger partial charge in [-0.05, 0) is 102 Å². The Labute approximate surface area is 458 Å². The molecule has 374 valence electrons. The van der Waals surface area contributed by atoms with Crippen molar-refractivity contribution in [2.45, 2.75) is 5.41 Å². The fourth-order valence-corrected chi connectivity index (χ4v) is 17.4. The van der Waals surface area contributed by atoms with Gasteiger partial charge in [0, 0.05) is 93.3 Å². The quantitative estimate of drug-likeness (QED) is 0.165. The molecule has 6 nitrogen and oxygen atoms in total. The number of aromatic nitrogens is 3. The van der Waals surface area contributed by atoms with Crippen LogP contribution in [0.15, 0.2) is 271 Å². The summed E-state index contributed by atoms with van der Waals surface area (Å²) in [5.41, 5.74) is 14.4. The van der Waals surface area contributed by atoms with Crippen LogP contribution < -0.4 is 20.7 Å². The molecule has 0 fully saturated rings. The molecule has 4 aromatic heterocycles. The SMILES string of the molecule is O=P1(c2ccccc2)c2ccccc2C2(c3ccccc3Oc3cc(-n4c5ccc(-n6c7ccccc7c7ccccc76)cc5c5cc(-n6c7ccccc7c7ccccc76)ccc54)ccc32)c2cc3c(cc21)oc1ccccc13. The van der Waals surface area contributed by atoms with E-state index in [0.29, 0.717) is 5.58 Å². The Hall–Kier alpha value is -10.1. The summed E-state index contributed by atoms with van der Waals surface area (Å²) in [6.45, 7) is 0. The minimum Gasteiger partial charge on any atom is -0.457 e. The van der Waals surface area contributed by atoms with Gasteiger partial charge in [0.05, 0.1) is 38.5 Å². The molecule has 6 heterocycles. The molecule has 12 aromatic carbocycles. The van der Waals surface area contributed by atoms with Crippen LogP contribution in [0.5, 0.6) is 11.5 Å². The van der Waals surface area contributed by atoms with E-state index in [1.807, 2.05) is 48.5 Å². The number of furan rings is 1. The van der Waals surface area contributed by atoms with Crippen molar-refractivity contribution < 1.29 is 13.7 Å². The molecular formula is C73H44N3O3P. The molecule has 0 radical (unpaired) electrons. The van der Waals surface area contributed by atoms with Gasteiger partial charge in [-0.3, -0.25) is 0 Å². The van der Waals surface area contributed by atoms with Crippen molar-refractivity contribution in [3.63, 3.8) is 0 Å². The van der Waals surface area contributed by atoms with E-state index in [0.717, 1.165) is 127 Å². The summed E-state index contributed by atoms with van der Waals surface area (Å²) >= 11 is 0. The second-order valence-corrected chi connectivity index (χ2v) is 24.1. The predicted octanol–water partition coefficient (Wildman–Crippen LogP) is 17.3. The van der Waals surface area contributed by atoms with Gasteiger partial charge in [-0.25, -0.2) is 0 Å². The lowest BCUT2D eigenvalue weighted by molar-refractivity contribution is 0.435. The Morgan fingerprint density at radius 1 is 0.300 bits per heavy atom. The van der Waals surface area contributed by atoms with Crippen molar-refractivity contribution in [3.05, 3.63) is 289 Å². The standard InChI is InChI=1S/C73H44N3O3P/c77-80(48-18-2-1-3-19-48)71-33-17-10-26-59(71)73(60-43-56-53-24-8-15-31-67(53)78-69(56)44-72(60)80)57-25-9-16-32-68(57)79-70-42-47(34-37-58(70)73)76-65-38-35-45(74-61-27-11-4-20-49(61)50-21-5-12-28-62(50)74)40-54(65)55-41-46(36-39-66(55)76)75-63-29-13-6-22-51(63)52-23-7-14-30-64(52)75/h1-44H. The molecule has 7 heteroatoms. The highest BCUT2D eigenvalue weighted by molar-refractivity contribution is 7.85. The van der Waals surface area contributed by atoms with Crippen LogP contribution in [0.3, 0.4) is 0 Å². The molecule has 0 saturated heterocycles. The second-order valence-electron chi connectivity index (χ2n) is 21.4. The molecule has 2 aliphatic rings. The Bertz CT molecular complexity index is 5130. The van der Waals surface area contributed by atoms with Crippen LogP contribution in [-0.4, -0.2) is 13.7 Å². The van der Waals surface area contributed by atoms with Crippen molar-refractivity contribution in [1.82, 2.24) is 13.7 Å². The number of benzene rings is 12. The maximum atomic E-state index is 16.8. The van der Waals surface area contributed by atoms with E-state index >= 15 is 4.57 Å². The van der Waals surface area contributed by atoms with E-state index in [4.69, 9.17) is 9.15 Å². The largest absolute Gasteiger partial charge is 0.457 e. The van der Waals surface area contributed by atoms with Crippen LogP contribution in [0, 0.1) is 0 Å². The molecule has 1 spiro atoms. The molecule has 0 N–H and O–H groups in total. The third-order valence-electron chi connectivity index (χ3n) is 17.6. The molecule has 0 aliphatic carbocycles. The number of rotatable bonds is 4. The predicted molar refractivity (Wildman–Crippen MR) is 328 cm³/mol. The molecule has 2 aliphatic heterocycles. The van der Waals surface area contributed by atoms with E-state index in [-0.39, 0.29) is 0 Å². The van der Waals surface area contributed by atoms with Gasteiger partial charge in [0.15, 0.2) is 7.14 Å². The summed E-state index contributed by atoms with van der Waals surface area (Å²) in [6, 6.07) is 94.9. The number of hydrogen-bond acceptors (Lipinski definition) is 3. The number of hydrogen-bond donors (Lipinski definition) is 0. The van der Waals surface area contributed by atoms with Gasteiger partial charge in [-0.1, -0.05) is 170 Å². The topological polar surface area (TPSA) is 54.2 Å². The molecule has 0 amide bonds. The van der Waals surface area contributed by atoms with E-state index in [1.54, 1.807) is 0 Å². The molecule has 18 rings (SSSR count). The van der Waals surface area contributed by atoms with Crippen LogP contribution in [0.2, 0.25) is 0 Å². The summed E-state index contributed by atoms with van der Waals surface area (Å²) in [5.74, 6) is 1.48. The van der Waals surface area contributed by atoms with Gasteiger partial charge < -0.3 is 27.4 Å². The van der Waals surface area contributed by atoms with Crippen LogP contribution >= 0.6 is 7.14 Å². The van der Waals surface area contributed by atoms with Crippen molar-refractivity contribution in [2.24, 2.45) is 0 Å². The average molecular weight is 1040 g/mol. The average Bonchev–Trinajstić information content (AvgIpc) is 3.57. The normalized spacial score (nSPS) is 16.5. The van der Waals surface area contributed by atoms with Gasteiger partial charge >= 0.3 is 0 Å². The zero-order valence-electron chi connectivity index (χ0n) is 42.9. The molecule has 80 heavy (non-hydrogen) atoms. The van der Waals surface area contributed by atoms with Gasteiger partial charge in [0.25, 0.3) is 0 Å². The van der Waals surface area contributed by atoms with Crippen molar-refractivity contribution in [3.8, 4) is 28.6 Å². The third kappa shape index (κ3) is 5.64. The number of fused-ring (bicyclic) bond motifs is 20. The Morgan fingerprint density at radius 2 is 0.762 bits per heavy atom. The monoisotopic (exact) mass is 1040 g/mol. The summed E-state index contributed by atoms with van der Waals surface area (Å²) in [5, 5.41) is 11.5. The molecule has 16 aromatic rings.